The van der Waals surface area contributed by atoms with E-state index in [9.17, 15) is 18.0 Å². The molecule has 0 fully saturated rings. The Kier molecular flexibility index (Phi) is 9.80. The van der Waals surface area contributed by atoms with E-state index in [4.69, 9.17) is 11.6 Å². The van der Waals surface area contributed by atoms with Crippen LogP contribution in [0.5, 0.6) is 0 Å². The zero-order valence-corrected chi connectivity index (χ0v) is 24.6. The van der Waals surface area contributed by atoms with Crippen LogP contribution in [0.3, 0.4) is 0 Å². The molecule has 9 heteroatoms. The van der Waals surface area contributed by atoms with Crippen molar-refractivity contribution >= 4 is 39.1 Å². The predicted octanol–water partition coefficient (Wildman–Crippen LogP) is 4.97. The van der Waals surface area contributed by atoms with Gasteiger partial charge in [0.2, 0.25) is 21.8 Å². The first-order chi connectivity index (χ1) is 18.2. The maximum Gasteiger partial charge on any atom is 0.244 e. The van der Waals surface area contributed by atoms with Crippen LogP contribution >= 0.6 is 11.6 Å². The zero-order chi connectivity index (χ0) is 28.8. The Labute approximate surface area is 236 Å². The monoisotopic (exact) mass is 569 g/mol. The zero-order valence-electron chi connectivity index (χ0n) is 23.0. The molecule has 0 saturated heterocycles. The maximum atomic E-state index is 14.1. The van der Waals surface area contributed by atoms with E-state index in [0.717, 1.165) is 21.7 Å². The van der Waals surface area contributed by atoms with E-state index in [1.165, 1.54) is 11.0 Å². The minimum atomic E-state index is -3.87. The molecule has 1 unspecified atom stereocenters. The van der Waals surface area contributed by atoms with E-state index in [-0.39, 0.29) is 18.9 Å². The molecule has 0 aliphatic rings. The Bertz CT molecular complexity index is 1390. The van der Waals surface area contributed by atoms with Crippen molar-refractivity contribution in [2.24, 2.45) is 0 Å². The predicted molar refractivity (Wildman–Crippen MR) is 157 cm³/mol. The number of benzene rings is 3. The Morgan fingerprint density at radius 2 is 1.49 bits per heavy atom. The van der Waals surface area contributed by atoms with Crippen molar-refractivity contribution < 1.29 is 18.0 Å². The van der Waals surface area contributed by atoms with Gasteiger partial charge in [-0.3, -0.25) is 13.9 Å². The van der Waals surface area contributed by atoms with Crippen LogP contribution in [0.15, 0.2) is 78.9 Å². The third-order valence-corrected chi connectivity index (χ3v) is 7.45. The molecule has 7 nitrogen and oxygen atoms in total. The number of hydrogen-bond acceptors (Lipinski definition) is 4. The molecule has 0 radical (unpaired) electrons. The molecule has 3 aromatic carbocycles. The summed E-state index contributed by atoms with van der Waals surface area (Å²) in [6.07, 6.45) is 1.31. The van der Waals surface area contributed by atoms with E-state index in [1.54, 1.807) is 19.1 Å². The van der Waals surface area contributed by atoms with Gasteiger partial charge in [-0.2, -0.15) is 0 Å². The lowest BCUT2D eigenvalue weighted by molar-refractivity contribution is -0.140. The van der Waals surface area contributed by atoms with Gasteiger partial charge in [0.15, 0.2) is 0 Å². The molecule has 0 aromatic heterocycles. The van der Waals surface area contributed by atoms with Crippen molar-refractivity contribution in [3.63, 3.8) is 0 Å². The highest BCUT2D eigenvalue weighted by atomic mass is 35.5. The molecule has 39 heavy (non-hydrogen) atoms. The summed E-state index contributed by atoms with van der Waals surface area (Å²) >= 11 is 6.19. The van der Waals surface area contributed by atoms with Gasteiger partial charge in [-0.25, -0.2) is 8.42 Å². The molecule has 0 saturated carbocycles. The fraction of sp³-hybridized carbons (Fsp3) is 0.333. The molecule has 2 amide bonds. The average Bonchev–Trinajstić information content (AvgIpc) is 2.85. The van der Waals surface area contributed by atoms with Gasteiger partial charge in [0.1, 0.15) is 12.6 Å². The summed E-state index contributed by atoms with van der Waals surface area (Å²) in [6, 6.07) is 22.8. The standard InChI is InChI=1S/C30H36ClN3O4S/c1-22-16-17-25(31)19-26(22)34(39(5,37)38)21-28(35)33(20-24-14-10-7-11-15-24)27(29(36)32-30(2,3)4)18-23-12-8-6-9-13-23/h6-17,19,27H,18,20-21H2,1-5H3,(H,32,36). The van der Waals surface area contributed by atoms with Crippen LogP contribution in [-0.2, 0) is 32.6 Å². The third kappa shape index (κ3) is 8.83. The van der Waals surface area contributed by atoms with Gasteiger partial charge in [-0.1, -0.05) is 78.3 Å². The van der Waals surface area contributed by atoms with Crippen LogP contribution in [0, 0.1) is 6.92 Å². The smallest absolute Gasteiger partial charge is 0.244 e. The van der Waals surface area contributed by atoms with Crippen LogP contribution < -0.4 is 9.62 Å². The van der Waals surface area contributed by atoms with Crippen LogP contribution in [0.25, 0.3) is 0 Å². The maximum absolute atomic E-state index is 14.1. The van der Waals surface area contributed by atoms with Gasteiger partial charge >= 0.3 is 0 Å². The first-order valence-electron chi connectivity index (χ1n) is 12.7. The second-order valence-electron chi connectivity index (χ2n) is 10.7. The summed E-state index contributed by atoms with van der Waals surface area (Å²) in [5, 5.41) is 3.36. The highest BCUT2D eigenvalue weighted by molar-refractivity contribution is 7.92. The molecule has 0 aliphatic heterocycles. The fourth-order valence-corrected chi connectivity index (χ4v) is 5.30. The SMILES string of the molecule is Cc1ccc(Cl)cc1N(CC(=O)N(Cc1ccccc1)C(Cc1ccccc1)C(=O)NC(C)(C)C)S(C)(=O)=O. The number of nitrogens with zero attached hydrogens (tertiary/aromatic N) is 2. The van der Waals surface area contributed by atoms with Crippen molar-refractivity contribution in [3.8, 4) is 0 Å². The molecular formula is C30H36ClN3O4S. The largest absolute Gasteiger partial charge is 0.350 e. The molecule has 0 aliphatic carbocycles. The number of hydrogen-bond donors (Lipinski definition) is 1. The number of amides is 2. The van der Waals surface area contributed by atoms with Crippen LogP contribution in [0.1, 0.15) is 37.5 Å². The minimum Gasteiger partial charge on any atom is -0.350 e. The highest BCUT2D eigenvalue weighted by Crippen LogP contribution is 2.27. The molecule has 0 spiro atoms. The molecular weight excluding hydrogens is 534 g/mol. The second kappa shape index (κ2) is 12.7. The van der Waals surface area contributed by atoms with Crippen molar-refractivity contribution in [1.82, 2.24) is 10.2 Å². The topological polar surface area (TPSA) is 86.8 Å². The molecule has 0 heterocycles. The summed E-state index contributed by atoms with van der Waals surface area (Å²) in [7, 11) is -3.87. The van der Waals surface area contributed by atoms with Crippen LogP contribution in [0.4, 0.5) is 5.69 Å². The van der Waals surface area contributed by atoms with Crippen molar-refractivity contribution in [2.45, 2.75) is 52.2 Å². The molecule has 1 N–H and O–H groups in total. The molecule has 3 rings (SSSR count). The highest BCUT2D eigenvalue weighted by Gasteiger charge is 2.34. The van der Waals surface area contributed by atoms with Gasteiger partial charge in [0.25, 0.3) is 0 Å². The van der Waals surface area contributed by atoms with E-state index in [2.05, 4.69) is 5.32 Å². The number of halogens is 1. The summed E-state index contributed by atoms with van der Waals surface area (Å²) in [4.78, 5) is 29.3. The molecule has 3 aromatic rings. The lowest BCUT2D eigenvalue weighted by atomic mass is 10.0. The van der Waals surface area contributed by atoms with Gasteiger partial charge in [-0.05, 0) is 56.5 Å². The quantitative estimate of drug-likeness (QED) is 0.373. The molecule has 0 bridgehead atoms. The number of sulfonamides is 1. The number of carbonyl (C=O) groups is 2. The summed E-state index contributed by atoms with van der Waals surface area (Å²) < 4.78 is 26.9. The lowest BCUT2D eigenvalue weighted by Gasteiger charge is -2.35. The van der Waals surface area contributed by atoms with Crippen LogP contribution in [-0.4, -0.2) is 49.5 Å². The molecule has 208 valence electrons. The van der Waals surface area contributed by atoms with E-state index in [1.807, 2.05) is 81.4 Å². The number of anilines is 1. The fourth-order valence-electron chi connectivity index (χ4n) is 4.23. The van der Waals surface area contributed by atoms with E-state index < -0.39 is 34.1 Å². The summed E-state index contributed by atoms with van der Waals surface area (Å²) in [5.74, 6) is -0.825. The first-order valence-corrected chi connectivity index (χ1v) is 14.9. The van der Waals surface area contributed by atoms with Gasteiger partial charge < -0.3 is 10.2 Å². The number of nitrogens with one attached hydrogen (secondary N) is 1. The normalized spacial score (nSPS) is 12.5. The van der Waals surface area contributed by atoms with Crippen molar-refractivity contribution in [3.05, 3.63) is 101 Å². The van der Waals surface area contributed by atoms with Gasteiger partial charge in [0.05, 0.1) is 11.9 Å². The average molecular weight is 570 g/mol. The number of carbonyl (C=O) groups excluding carboxylic acids is 2. The Morgan fingerprint density at radius 3 is 2.03 bits per heavy atom. The van der Waals surface area contributed by atoms with E-state index in [0.29, 0.717) is 16.3 Å². The first kappa shape index (κ1) is 30.2. The Hall–Kier alpha value is -3.36. The van der Waals surface area contributed by atoms with Gasteiger partial charge in [0, 0.05) is 23.5 Å². The minimum absolute atomic E-state index is 0.126. The number of rotatable bonds is 10. The Morgan fingerprint density at radius 1 is 0.923 bits per heavy atom. The lowest BCUT2D eigenvalue weighted by Crippen LogP contribution is -2.56. The second-order valence-corrected chi connectivity index (χ2v) is 13.0. The van der Waals surface area contributed by atoms with Crippen LogP contribution in [0.2, 0.25) is 5.02 Å². The van der Waals surface area contributed by atoms with Gasteiger partial charge in [-0.15, -0.1) is 0 Å². The summed E-state index contributed by atoms with van der Waals surface area (Å²) in [5.41, 5.74) is 2.13. The molecule has 1 atom stereocenters. The third-order valence-electron chi connectivity index (χ3n) is 6.08. The van der Waals surface area contributed by atoms with E-state index >= 15 is 0 Å². The van der Waals surface area contributed by atoms with Crippen molar-refractivity contribution in [2.75, 3.05) is 17.1 Å². The number of aryl methyl sites for hydroxylation is 1. The Balaban J connectivity index is 2.08. The van der Waals surface area contributed by atoms with Crippen molar-refractivity contribution in [1.29, 1.82) is 0 Å². The summed E-state index contributed by atoms with van der Waals surface area (Å²) in [6.45, 7) is 7.02.